The van der Waals surface area contributed by atoms with Crippen molar-refractivity contribution in [2.24, 2.45) is 5.92 Å². The van der Waals surface area contributed by atoms with E-state index in [2.05, 4.69) is 0 Å². The molecule has 0 saturated carbocycles. The van der Waals surface area contributed by atoms with Gasteiger partial charge in [-0.1, -0.05) is 26.7 Å². The maximum absolute atomic E-state index is 12.3. The molecule has 24 heavy (non-hydrogen) atoms. The van der Waals surface area contributed by atoms with E-state index in [0.29, 0.717) is 6.42 Å². The summed E-state index contributed by atoms with van der Waals surface area (Å²) in [6.07, 6.45) is 1.93. The van der Waals surface area contributed by atoms with Crippen molar-refractivity contribution in [1.82, 2.24) is 0 Å². The molecule has 0 aromatic carbocycles. The topological polar surface area (TPSA) is 78.9 Å². The molecule has 140 valence electrons. The summed E-state index contributed by atoms with van der Waals surface area (Å²) in [7, 11) is 0. The van der Waals surface area contributed by atoms with Crippen molar-refractivity contribution in [2.45, 2.75) is 85.4 Å². The second kappa shape index (κ2) is 11.0. The summed E-state index contributed by atoms with van der Waals surface area (Å²) in [5.41, 5.74) is -0.609. The van der Waals surface area contributed by atoms with Crippen LogP contribution in [0.3, 0.4) is 0 Å². The molecule has 2 unspecified atom stereocenters. The van der Waals surface area contributed by atoms with E-state index in [1.54, 1.807) is 20.8 Å². The molecule has 0 bridgehead atoms. The van der Waals surface area contributed by atoms with Gasteiger partial charge < -0.3 is 14.2 Å². The fourth-order valence-electron chi connectivity index (χ4n) is 2.13. The molecule has 0 radical (unpaired) electrons. The summed E-state index contributed by atoms with van der Waals surface area (Å²) in [6, 6.07) is 0. The molecule has 0 aliphatic carbocycles. The zero-order chi connectivity index (χ0) is 18.8. The van der Waals surface area contributed by atoms with Gasteiger partial charge in [0.15, 0.2) is 6.10 Å². The van der Waals surface area contributed by atoms with Crippen LogP contribution in [0.2, 0.25) is 0 Å². The molecular formula is C18H32O6. The molecule has 6 heteroatoms. The number of hydrogen-bond donors (Lipinski definition) is 0. The van der Waals surface area contributed by atoms with Crippen LogP contribution in [0, 0.1) is 5.92 Å². The molecule has 0 aromatic rings. The third-order valence-corrected chi connectivity index (χ3v) is 3.19. The molecule has 0 aliphatic heterocycles. The number of ether oxygens (including phenoxy) is 3. The molecular weight excluding hydrogens is 312 g/mol. The van der Waals surface area contributed by atoms with Crippen LogP contribution in [0.5, 0.6) is 0 Å². The molecule has 0 fully saturated rings. The Morgan fingerprint density at radius 1 is 1.00 bits per heavy atom. The molecule has 0 aliphatic rings. The van der Waals surface area contributed by atoms with Gasteiger partial charge in [0.25, 0.3) is 0 Å². The van der Waals surface area contributed by atoms with Gasteiger partial charge in [0.05, 0.1) is 12.5 Å². The summed E-state index contributed by atoms with van der Waals surface area (Å²) in [4.78, 5) is 35.8. The maximum atomic E-state index is 12.3. The average Bonchev–Trinajstić information content (AvgIpc) is 2.43. The Kier molecular flexibility index (Phi) is 10.3. The van der Waals surface area contributed by atoms with Crippen molar-refractivity contribution < 1.29 is 28.6 Å². The lowest BCUT2D eigenvalue weighted by atomic mass is 9.96. The minimum atomic E-state index is -1.08. The van der Waals surface area contributed by atoms with E-state index >= 15 is 0 Å². The predicted molar refractivity (Wildman–Crippen MR) is 90.3 cm³/mol. The molecule has 0 heterocycles. The minimum Gasteiger partial charge on any atom is -0.463 e. The summed E-state index contributed by atoms with van der Waals surface area (Å²) in [6.45, 7) is 10.8. The van der Waals surface area contributed by atoms with Gasteiger partial charge in [0.2, 0.25) is 0 Å². The largest absolute Gasteiger partial charge is 0.463 e. The molecule has 6 nitrogen and oxygen atoms in total. The van der Waals surface area contributed by atoms with Gasteiger partial charge in [-0.25, -0.2) is 4.79 Å². The fourth-order valence-corrected chi connectivity index (χ4v) is 2.13. The number of rotatable bonds is 10. The number of hydrogen-bond acceptors (Lipinski definition) is 6. The van der Waals surface area contributed by atoms with E-state index in [-0.39, 0.29) is 19.0 Å². The van der Waals surface area contributed by atoms with Crippen molar-refractivity contribution in [2.75, 3.05) is 6.61 Å². The Hall–Kier alpha value is -1.59. The minimum absolute atomic E-state index is 0.0767. The van der Waals surface area contributed by atoms with E-state index in [4.69, 9.17) is 14.2 Å². The number of carbonyl (C=O) groups is 3. The zero-order valence-corrected chi connectivity index (χ0v) is 15.8. The fraction of sp³-hybridized carbons (Fsp3) is 0.833. The molecule has 0 spiro atoms. The van der Waals surface area contributed by atoms with Gasteiger partial charge in [-0.15, -0.1) is 0 Å². The Bertz CT molecular complexity index is 410. The van der Waals surface area contributed by atoms with Crippen LogP contribution in [0.15, 0.2) is 0 Å². The third-order valence-electron chi connectivity index (χ3n) is 3.19. The van der Waals surface area contributed by atoms with Gasteiger partial charge in [0.1, 0.15) is 5.60 Å². The number of unbranched alkanes of at least 4 members (excludes halogenated alkanes) is 1. The van der Waals surface area contributed by atoms with E-state index in [9.17, 15) is 14.4 Å². The van der Waals surface area contributed by atoms with E-state index < -0.39 is 29.6 Å². The van der Waals surface area contributed by atoms with Crippen molar-refractivity contribution >= 4 is 17.9 Å². The Balaban J connectivity index is 4.98. The van der Waals surface area contributed by atoms with Crippen molar-refractivity contribution in [3.8, 4) is 0 Å². The molecule has 0 N–H and O–H groups in total. The normalized spacial score (nSPS) is 13.8. The van der Waals surface area contributed by atoms with Crippen LogP contribution in [0.1, 0.15) is 73.6 Å². The molecule has 0 amide bonds. The SMILES string of the molecule is CCCCOC(=O)C(CC(CCC)C(=O)OC(C)(C)C)OC(C)=O. The molecule has 0 saturated heterocycles. The first-order valence-electron chi connectivity index (χ1n) is 8.67. The predicted octanol–water partition coefficient (Wildman–Crippen LogP) is 3.41. The highest BCUT2D eigenvalue weighted by atomic mass is 16.6. The van der Waals surface area contributed by atoms with E-state index in [0.717, 1.165) is 19.3 Å². The van der Waals surface area contributed by atoms with Crippen LogP contribution in [0.4, 0.5) is 0 Å². The van der Waals surface area contributed by atoms with Gasteiger partial charge in [-0.3, -0.25) is 9.59 Å². The van der Waals surface area contributed by atoms with Gasteiger partial charge in [-0.2, -0.15) is 0 Å². The third kappa shape index (κ3) is 10.2. The number of esters is 3. The van der Waals surface area contributed by atoms with E-state index in [1.807, 2.05) is 13.8 Å². The van der Waals surface area contributed by atoms with Crippen LogP contribution in [-0.4, -0.2) is 36.2 Å². The van der Waals surface area contributed by atoms with Crippen molar-refractivity contribution in [3.05, 3.63) is 0 Å². The highest BCUT2D eigenvalue weighted by molar-refractivity contribution is 5.80. The summed E-state index contributed by atoms with van der Waals surface area (Å²) in [5, 5.41) is 0. The maximum Gasteiger partial charge on any atom is 0.347 e. The Morgan fingerprint density at radius 2 is 1.62 bits per heavy atom. The summed E-state index contributed by atoms with van der Waals surface area (Å²) in [5.74, 6) is -2.09. The Morgan fingerprint density at radius 3 is 2.08 bits per heavy atom. The van der Waals surface area contributed by atoms with Crippen molar-refractivity contribution in [1.29, 1.82) is 0 Å². The van der Waals surface area contributed by atoms with Crippen LogP contribution >= 0.6 is 0 Å². The summed E-state index contributed by atoms with van der Waals surface area (Å²) >= 11 is 0. The first-order valence-corrected chi connectivity index (χ1v) is 8.67. The lowest BCUT2D eigenvalue weighted by Crippen LogP contribution is -2.35. The van der Waals surface area contributed by atoms with Gasteiger partial charge in [-0.05, 0) is 33.6 Å². The van der Waals surface area contributed by atoms with Crippen LogP contribution in [0.25, 0.3) is 0 Å². The molecule has 0 aromatic heterocycles. The first kappa shape index (κ1) is 22.4. The first-order chi connectivity index (χ1) is 11.1. The van der Waals surface area contributed by atoms with E-state index in [1.165, 1.54) is 6.92 Å². The zero-order valence-electron chi connectivity index (χ0n) is 15.8. The molecule has 0 rings (SSSR count). The van der Waals surface area contributed by atoms with Crippen LogP contribution in [-0.2, 0) is 28.6 Å². The second-order valence-electron chi connectivity index (χ2n) is 6.87. The average molecular weight is 344 g/mol. The molecule has 2 atom stereocenters. The number of carbonyl (C=O) groups excluding carboxylic acids is 3. The van der Waals surface area contributed by atoms with Crippen molar-refractivity contribution in [3.63, 3.8) is 0 Å². The van der Waals surface area contributed by atoms with Gasteiger partial charge in [0, 0.05) is 13.3 Å². The standard InChI is InChI=1S/C18H32O6/c1-7-9-11-22-17(21)15(23-13(3)19)12-14(10-8-2)16(20)24-18(4,5)6/h14-15H,7-12H2,1-6H3. The monoisotopic (exact) mass is 344 g/mol. The quantitative estimate of drug-likeness (QED) is 0.343. The highest BCUT2D eigenvalue weighted by Gasteiger charge is 2.32. The van der Waals surface area contributed by atoms with Crippen LogP contribution < -0.4 is 0 Å². The van der Waals surface area contributed by atoms with Gasteiger partial charge >= 0.3 is 17.9 Å². The summed E-state index contributed by atoms with van der Waals surface area (Å²) < 4.78 is 15.6. The lowest BCUT2D eigenvalue weighted by molar-refractivity contribution is -0.172. The second-order valence-corrected chi connectivity index (χ2v) is 6.87. The smallest absolute Gasteiger partial charge is 0.347 e. The lowest BCUT2D eigenvalue weighted by Gasteiger charge is -2.25. The highest BCUT2D eigenvalue weighted by Crippen LogP contribution is 2.21. The Labute approximate surface area is 145 Å².